The molecule has 1 unspecified atom stereocenters. The predicted molar refractivity (Wildman–Crippen MR) is 91.1 cm³/mol. The van der Waals surface area contributed by atoms with Crippen molar-refractivity contribution in [2.45, 2.75) is 12.3 Å². The van der Waals surface area contributed by atoms with Crippen LogP contribution in [0.15, 0.2) is 36.4 Å². The van der Waals surface area contributed by atoms with Gasteiger partial charge in [-0.25, -0.2) is 0 Å². The molecular weight excluding hydrogens is 324 g/mol. The number of aliphatic carboxylic acids is 1. The van der Waals surface area contributed by atoms with Crippen molar-refractivity contribution >= 4 is 5.97 Å². The summed E-state index contributed by atoms with van der Waals surface area (Å²) < 4.78 is 21.8. The smallest absolute Gasteiger partial charge is 0.311 e. The van der Waals surface area contributed by atoms with Gasteiger partial charge >= 0.3 is 5.97 Å². The number of ether oxygens (including phenoxy) is 4. The second-order valence-electron chi connectivity index (χ2n) is 5.65. The van der Waals surface area contributed by atoms with Crippen LogP contribution < -0.4 is 18.9 Å². The van der Waals surface area contributed by atoms with Gasteiger partial charge in [-0.05, 0) is 35.7 Å². The lowest BCUT2D eigenvalue weighted by atomic mass is 9.91. The maximum atomic E-state index is 11.9. The molecule has 1 aliphatic rings. The van der Waals surface area contributed by atoms with Crippen LogP contribution in [0, 0.1) is 0 Å². The Morgan fingerprint density at radius 2 is 1.88 bits per heavy atom. The van der Waals surface area contributed by atoms with Crippen molar-refractivity contribution < 1.29 is 28.8 Å². The Morgan fingerprint density at radius 1 is 1.12 bits per heavy atom. The molecule has 2 aromatic carbocycles. The highest BCUT2D eigenvalue weighted by atomic mass is 16.6. The van der Waals surface area contributed by atoms with Gasteiger partial charge in [-0.15, -0.1) is 0 Å². The molecule has 3 rings (SSSR count). The summed E-state index contributed by atoms with van der Waals surface area (Å²) in [6.45, 7) is 0.952. The third kappa shape index (κ3) is 3.47. The number of hydrogen-bond donors (Lipinski definition) is 1. The summed E-state index contributed by atoms with van der Waals surface area (Å²) in [5, 5.41) is 9.74. The number of methoxy groups -OCH3 is 2. The van der Waals surface area contributed by atoms with E-state index >= 15 is 0 Å². The van der Waals surface area contributed by atoms with E-state index in [0.29, 0.717) is 41.8 Å². The SMILES string of the molecule is COc1cccc(CC(C(=O)O)c2ccc3c(c2)OCCO3)c1OC. The van der Waals surface area contributed by atoms with Crippen LogP contribution in [-0.2, 0) is 11.2 Å². The number of carboxylic acids is 1. The van der Waals surface area contributed by atoms with E-state index in [-0.39, 0.29) is 6.42 Å². The number of carboxylic acid groups (broad SMARTS) is 1. The van der Waals surface area contributed by atoms with Gasteiger partial charge in [0.1, 0.15) is 13.2 Å². The van der Waals surface area contributed by atoms with Crippen LogP contribution in [0.3, 0.4) is 0 Å². The normalized spacial score (nSPS) is 13.8. The van der Waals surface area contributed by atoms with Crippen molar-refractivity contribution in [1.29, 1.82) is 0 Å². The lowest BCUT2D eigenvalue weighted by molar-refractivity contribution is -0.138. The Balaban J connectivity index is 1.94. The third-order valence-corrected chi connectivity index (χ3v) is 4.18. The van der Waals surface area contributed by atoms with Gasteiger partial charge in [-0.2, -0.15) is 0 Å². The number of hydrogen-bond acceptors (Lipinski definition) is 5. The summed E-state index contributed by atoms with van der Waals surface area (Å²) in [4.78, 5) is 11.9. The molecule has 6 heteroatoms. The minimum Gasteiger partial charge on any atom is -0.493 e. The Bertz CT molecular complexity index is 771. The molecule has 0 amide bonds. The van der Waals surface area contributed by atoms with Crippen LogP contribution >= 0.6 is 0 Å². The Morgan fingerprint density at radius 3 is 2.56 bits per heavy atom. The maximum absolute atomic E-state index is 11.9. The first-order valence-electron chi connectivity index (χ1n) is 7.96. The average Bonchev–Trinajstić information content (AvgIpc) is 2.65. The number of carbonyl (C=O) groups is 1. The molecule has 1 N–H and O–H groups in total. The highest BCUT2D eigenvalue weighted by molar-refractivity contribution is 5.77. The number of fused-ring (bicyclic) bond motifs is 1. The van der Waals surface area contributed by atoms with Crippen molar-refractivity contribution in [3.05, 3.63) is 47.5 Å². The Labute approximate surface area is 145 Å². The fourth-order valence-corrected chi connectivity index (χ4v) is 2.96. The van der Waals surface area contributed by atoms with Gasteiger partial charge in [0.15, 0.2) is 23.0 Å². The second kappa shape index (κ2) is 7.34. The van der Waals surface area contributed by atoms with Crippen molar-refractivity contribution in [2.24, 2.45) is 0 Å². The van der Waals surface area contributed by atoms with Crippen molar-refractivity contribution in [3.63, 3.8) is 0 Å². The fraction of sp³-hybridized carbons (Fsp3) is 0.316. The van der Waals surface area contributed by atoms with Crippen LogP contribution in [0.25, 0.3) is 0 Å². The Hall–Kier alpha value is -2.89. The lowest BCUT2D eigenvalue weighted by Crippen LogP contribution is -2.18. The van der Waals surface area contributed by atoms with Gasteiger partial charge < -0.3 is 24.1 Å². The lowest BCUT2D eigenvalue weighted by Gasteiger charge is -2.21. The van der Waals surface area contributed by atoms with E-state index < -0.39 is 11.9 Å². The second-order valence-corrected chi connectivity index (χ2v) is 5.65. The van der Waals surface area contributed by atoms with Gasteiger partial charge in [0, 0.05) is 0 Å². The van der Waals surface area contributed by atoms with E-state index in [1.165, 1.54) is 0 Å². The molecule has 0 bridgehead atoms. The van der Waals surface area contributed by atoms with E-state index in [2.05, 4.69) is 0 Å². The summed E-state index contributed by atoms with van der Waals surface area (Å²) in [6.07, 6.45) is 0.273. The molecule has 1 heterocycles. The highest BCUT2D eigenvalue weighted by Crippen LogP contribution is 2.37. The zero-order chi connectivity index (χ0) is 17.8. The summed E-state index contributed by atoms with van der Waals surface area (Å²) in [7, 11) is 3.10. The quantitative estimate of drug-likeness (QED) is 0.868. The summed E-state index contributed by atoms with van der Waals surface area (Å²) in [6, 6.07) is 10.7. The molecule has 0 saturated carbocycles. The minimum absolute atomic E-state index is 0.273. The van der Waals surface area contributed by atoms with Crippen LogP contribution in [0.1, 0.15) is 17.0 Å². The van der Waals surface area contributed by atoms with Crippen LogP contribution in [0.2, 0.25) is 0 Å². The summed E-state index contributed by atoms with van der Waals surface area (Å²) in [5.41, 5.74) is 1.42. The molecule has 0 fully saturated rings. The van der Waals surface area contributed by atoms with Crippen LogP contribution in [0.5, 0.6) is 23.0 Å². The molecular formula is C19H20O6. The molecule has 1 aliphatic heterocycles. The van der Waals surface area contributed by atoms with E-state index in [1.807, 2.05) is 12.1 Å². The number of para-hydroxylation sites is 1. The molecule has 0 aliphatic carbocycles. The third-order valence-electron chi connectivity index (χ3n) is 4.18. The molecule has 25 heavy (non-hydrogen) atoms. The first kappa shape index (κ1) is 17.0. The molecule has 0 saturated heterocycles. The van der Waals surface area contributed by atoms with Crippen molar-refractivity contribution in [2.75, 3.05) is 27.4 Å². The predicted octanol–water partition coefficient (Wildman–Crippen LogP) is 2.89. The van der Waals surface area contributed by atoms with E-state index in [1.54, 1.807) is 38.5 Å². The van der Waals surface area contributed by atoms with Gasteiger partial charge in [0.05, 0.1) is 20.1 Å². The molecule has 0 aromatic heterocycles. The van der Waals surface area contributed by atoms with E-state index in [4.69, 9.17) is 18.9 Å². The van der Waals surface area contributed by atoms with Crippen LogP contribution in [0.4, 0.5) is 0 Å². The summed E-state index contributed by atoms with van der Waals surface area (Å²) >= 11 is 0. The zero-order valence-electron chi connectivity index (χ0n) is 14.2. The van der Waals surface area contributed by atoms with Crippen molar-refractivity contribution in [3.8, 4) is 23.0 Å². The first-order valence-corrected chi connectivity index (χ1v) is 7.96. The van der Waals surface area contributed by atoms with Crippen molar-refractivity contribution in [1.82, 2.24) is 0 Å². The molecule has 132 valence electrons. The molecule has 6 nitrogen and oxygen atoms in total. The summed E-state index contributed by atoms with van der Waals surface area (Å²) in [5.74, 6) is 0.684. The first-order chi connectivity index (χ1) is 12.1. The minimum atomic E-state index is -0.915. The Kier molecular flexibility index (Phi) is 4.97. The molecule has 1 atom stereocenters. The average molecular weight is 344 g/mol. The van der Waals surface area contributed by atoms with Gasteiger partial charge in [-0.1, -0.05) is 18.2 Å². The fourth-order valence-electron chi connectivity index (χ4n) is 2.96. The zero-order valence-corrected chi connectivity index (χ0v) is 14.2. The van der Waals surface area contributed by atoms with Gasteiger partial charge in [0.25, 0.3) is 0 Å². The van der Waals surface area contributed by atoms with Gasteiger partial charge in [0.2, 0.25) is 0 Å². The molecule has 0 spiro atoms. The number of benzene rings is 2. The van der Waals surface area contributed by atoms with E-state index in [0.717, 1.165) is 5.56 Å². The standard InChI is InChI=1S/C19H20O6/c1-22-16-5-3-4-13(18(16)23-2)10-14(19(20)21)12-6-7-15-17(11-12)25-9-8-24-15/h3-7,11,14H,8-10H2,1-2H3,(H,20,21). The maximum Gasteiger partial charge on any atom is 0.311 e. The highest BCUT2D eigenvalue weighted by Gasteiger charge is 2.25. The largest absolute Gasteiger partial charge is 0.493 e. The molecule has 0 radical (unpaired) electrons. The number of rotatable bonds is 6. The molecule has 2 aromatic rings. The van der Waals surface area contributed by atoms with Crippen LogP contribution in [-0.4, -0.2) is 38.5 Å². The van der Waals surface area contributed by atoms with E-state index in [9.17, 15) is 9.90 Å². The topological polar surface area (TPSA) is 74.2 Å². The van der Waals surface area contributed by atoms with Gasteiger partial charge in [-0.3, -0.25) is 4.79 Å². The monoisotopic (exact) mass is 344 g/mol.